The molecule has 0 amide bonds. The molecule has 0 unspecified atom stereocenters. The van der Waals surface area contributed by atoms with Gasteiger partial charge in [0.05, 0.1) is 6.42 Å². The summed E-state index contributed by atoms with van der Waals surface area (Å²) in [7, 11) is 0. The predicted octanol–water partition coefficient (Wildman–Crippen LogP) is 1.14. The second kappa shape index (κ2) is 7.14. The van der Waals surface area contributed by atoms with E-state index in [2.05, 4.69) is 0 Å². The second-order valence-corrected chi connectivity index (χ2v) is 3.63. The first-order chi connectivity index (χ1) is 8.12. The van der Waals surface area contributed by atoms with Gasteiger partial charge in [0, 0.05) is 19.6 Å². The van der Waals surface area contributed by atoms with Crippen molar-refractivity contribution in [2.45, 2.75) is 25.2 Å². The van der Waals surface area contributed by atoms with Crippen molar-refractivity contribution >= 4 is 11.9 Å². The summed E-state index contributed by atoms with van der Waals surface area (Å²) in [6.45, 7) is 1.59. The van der Waals surface area contributed by atoms with Gasteiger partial charge in [0.25, 0.3) is 0 Å². The average molecular weight is 275 g/mol. The molecular formula is C9H13F4NO4. The van der Waals surface area contributed by atoms with E-state index in [1.165, 1.54) is 0 Å². The van der Waals surface area contributed by atoms with E-state index in [-0.39, 0.29) is 6.42 Å². The number of hydrogen-bond donors (Lipinski definition) is 2. The second-order valence-electron chi connectivity index (χ2n) is 3.63. The number of carboxylic acid groups (broad SMARTS) is 2. The molecule has 18 heavy (non-hydrogen) atoms. The number of aliphatic carboxylic acids is 2. The number of carboxylic acids is 2. The highest BCUT2D eigenvalue weighted by Gasteiger charge is 2.38. The largest absolute Gasteiger partial charge is 0.490 e. The van der Waals surface area contributed by atoms with E-state index in [9.17, 15) is 22.4 Å². The Morgan fingerprint density at radius 2 is 1.78 bits per heavy atom. The molecule has 1 aliphatic heterocycles. The topological polar surface area (TPSA) is 77.8 Å². The van der Waals surface area contributed by atoms with Crippen LogP contribution in [0.15, 0.2) is 0 Å². The molecule has 1 rings (SSSR count). The third-order valence-electron chi connectivity index (χ3n) is 2.10. The first-order valence-corrected chi connectivity index (χ1v) is 5.01. The van der Waals surface area contributed by atoms with Gasteiger partial charge in [-0.15, -0.1) is 0 Å². The fraction of sp³-hybridized carbons (Fsp3) is 0.778. The molecule has 0 radical (unpaired) electrons. The van der Waals surface area contributed by atoms with Gasteiger partial charge in [-0.05, 0) is 6.42 Å². The molecule has 2 N–H and O–H groups in total. The molecule has 0 bridgehead atoms. The number of nitrogens with zero attached hydrogens (tertiary/aromatic N) is 1. The molecule has 1 fully saturated rings. The van der Waals surface area contributed by atoms with Gasteiger partial charge < -0.3 is 10.2 Å². The van der Waals surface area contributed by atoms with Gasteiger partial charge in [-0.1, -0.05) is 0 Å². The lowest BCUT2D eigenvalue weighted by atomic mass is 10.3. The monoisotopic (exact) mass is 275 g/mol. The van der Waals surface area contributed by atoms with Crippen LogP contribution < -0.4 is 0 Å². The zero-order valence-corrected chi connectivity index (χ0v) is 9.28. The van der Waals surface area contributed by atoms with Crippen molar-refractivity contribution in [2.24, 2.45) is 0 Å². The predicted molar refractivity (Wildman–Crippen MR) is 51.9 cm³/mol. The number of alkyl halides is 4. The summed E-state index contributed by atoms with van der Waals surface area (Å²) in [5.74, 6) is -3.57. The quantitative estimate of drug-likeness (QED) is 0.755. The molecule has 106 valence electrons. The van der Waals surface area contributed by atoms with E-state index >= 15 is 0 Å². The van der Waals surface area contributed by atoms with Crippen molar-refractivity contribution in [3.63, 3.8) is 0 Å². The first kappa shape index (κ1) is 16.6. The van der Waals surface area contributed by atoms with E-state index in [0.29, 0.717) is 26.1 Å². The van der Waals surface area contributed by atoms with Gasteiger partial charge in [-0.25, -0.2) is 9.18 Å². The lowest BCUT2D eigenvalue weighted by Crippen LogP contribution is -2.24. The van der Waals surface area contributed by atoms with E-state index in [0.717, 1.165) is 0 Å². The Kier molecular flexibility index (Phi) is 6.60. The Labute approximate surface area is 100.0 Å². The van der Waals surface area contributed by atoms with Crippen LogP contribution in [0.2, 0.25) is 0 Å². The fourth-order valence-corrected chi connectivity index (χ4v) is 1.24. The Hall–Kier alpha value is -1.38. The zero-order valence-electron chi connectivity index (χ0n) is 9.28. The van der Waals surface area contributed by atoms with Crippen molar-refractivity contribution < 1.29 is 37.4 Å². The minimum absolute atomic E-state index is 0.118. The molecule has 0 saturated carbocycles. The third kappa shape index (κ3) is 7.82. The van der Waals surface area contributed by atoms with Crippen molar-refractivity contribution in [1.82, 2.24) is 4.90 Å². The Bertz CT molecular complexity index is 295. The summed E-state index contributed by atoms with van der Waals surface area (Å²) in [5, 5.41) is 15.4. The van der Waals surface area contributed by atoms with Crippen LogP contribution in [-0.4, -0.2) is 59.0 Å². The van der Waals surface area contributed by atoms with Gasteiger partial charge in [0.1, 0.15) is 6.17 Å². The van der Waals surface area contributed by atoms with Gasteiger partial charge in [0.15, 0.2) is 0 Å². The molecule has 0 aliphatic carbocycles. The third-order valence-corrected chi connectivity index (χ3v) is 2.10. The molecular weight excluding hydrogens is 262 g/mol. The van der Waals surface area contributed by atoms with Crippen LogP contribution in [0.3, 0.4) is 0 Å². The normalized spacial score (nSPS) is 20.1. The van der Waals surface area contributed by atoms with E-state index in [4.69, 9.17) is 15.0 Å². The number of rotatable bonds is 3. The highest BCUT2D eigenvalue weighted by atomic mass is 19.4. The smallest absolute Gasteiger partial charge is 0.481 e. The molecule has 1 saturated heterocycles. The lowest BCUT2D eigenvalue weighted by Gasteiger charge is -2.11. The van der Waals surface area contributed by atoms with Crippen LogP contribution in [0.1, 0.15) is 12.8 Å². The summed E-state index contributed by atoms with van der Waals surface area (Å²) >= 11 is 0. The summed E-state index contributed by atoms with van der Waals surface area (Å²) in [6, 6.07) is 0. The molecule has 0 aromatic rings. The molecule has 0 aromatic carbocycles. The first-order valence-electron chi connectivity index (χ1n) is 5.01. The summed E-state index contributed by atoms with van der Waals surface area (Å²) < 4.78 is 44.2. The van der Waals surface area contributed by atoms with Crippen molar-refractivity contribution in [1.29, 1.82) is 0 Å². The highest BCUT2D eigenvalue weighted by molar-refractivity contribution is 5.73. The SMILES string of the molecule is O=C(O)C(F)(F)F.O=C(O)CCN1CC[C@@H](F)C1. The van der Waals surface area contributed by atoms with E-state index < -0.39 is 24.3 Å². The van der Waals surface area contributed by atoms with E-state index in [1.807, 2.05) is 4.90 Å². The molecule has 1 atom stereocenters. The van der Waals surface area contributed by atoms with Crippen LogP contribution in [0.25, 0.3) is 0 Å². The Morgan fingerprint density at radius 1 is 1.28 bits per heavy atom. The van der Waals surface area contributed by atoms with Gasteiger partial charge in [0.2, 0.25) is 0 Å². The van der Waals surface area contributed by atoms with Crippen LogP contribution in [0.4, 0.5) is 17.6 Å². The Balaban J connectivity index is 0.000000360. The van der Waals surface area contributed by atoms with Crippen molar-refractivity contribution in [3.8, 4) is 0 Å². The van der Waals surface area contributed by atoms with Crippen LogP contribution in [0.5, 0.6) is 0 Å². The van der Waals surface area contributed by atoms with Gasteiger partial charge >= 0.3 is 18.1 Å². The number of likely N-dealkylation sites (tertiary alicyclic amines) is 1. The molecule has 1 aliphatic rings. The fourth-order valence-electron chi connectivity index (χ4n) is 1.24. The van der Waals surface area contributed by atoms with Crippen LogP contribution >= 0.6 is 0 Å². The van der Waals surface area contributed by atoms with Crippen molar-refractivity contribution in [3.05, 3.63) is 0 Å². The van der Waals surface area contributed by atoms with Crippen LogP contribution in [0, 0.1) is 0 Å². The van der Waals surface area contributed by atoms with Gasteiger partial charge in [-0.3, -0.25) is 9.69 Å². The molecule has 0 spiro atoms. The molecule has 9 heteroatoms. The van der Waals surface area contributed by atoms with E-state index in [1.54, 1.807) is 0 Å². The lowest BCUT2D eigenvalue weighted by molar-refractivity contribution is -0.192. The minimum Gasteiger partial charge on any atom is -0.481 e. The highest BCUT2D eigenvalue weighted by Crippen LogP contribution is 2.13. The summed E-state index contributed by atoms with van der Waals surface area (Å²) in [4.78, 5) is 20.9. The average Bonchev–Trinajstić information content (AvgIpc) is 2.60. The van der Waals surface area contributed by atoms with Crippen LogP contribution in [-0.2, 0) is 9.59 Å². The number of hydrogen-bond acceptors (Lipinski definition) is 3. The summed E-state index contributed by atoms with van der Waals surface area (Å²) in [6.07, 6.45) is -5.16. The maximum atomic E-state index is 12.5. The molecule has 5 nitrogen and oxygen atoms in total. The standard InChI is InChI=1S/C7H12FNO2.C2HF3O2/c8-6-1-3-9(5-6)4-2-7(10)11;3-2(4,5)1(6)7/h6H,1-5H2,(H,10,11);(H,6,7)/t6-;/m1./s1. The molecule has 0 aromatic heterocycles. The number of carbonyl (C=O) groups is 2. The minimum atomic E-state index is -5.08. The maximum absolute atomic E-state index is 12.5. The van der Waals surface area contributed by atoms with Crippen molar-refractivity contribution in [2.75, 3.05) is 19.6 Å². The maximum Gasteiger partial charge on any atom is 0.490 e. The molecule has 1 heterocycles. The summed E-state index contributed by atoms with van der Waals surface area (Å²) in [5.41, 5.74) is 0. The Morgan fingerprint density at radius 3 is 2.06 bits per heavy atom. The zero-order chi connectivity index (χ0) is 14.3. The van der Waals surface area contributed by atoms with Gasteiger partial charge in [-0.2, -0.15) is 13.2 Å². The number of halogens is 4.